The van der Waals surface area contributed by atoms with Gasteiger partial charge in [0, 0.05) is 30.9 Å². The van der Waals surface area contributed by atoms with Crippen molar-refractivity contribution in [2.75, 3.05) is 6.54 Å². The second-order valence-corrected chi connectivity index (χ2v) is 8.60. The molecule has 7 heteroatoms. The molecule has 0 fully saturated rings. The first-order valence-corrected chi connectivity index (χ1v) is 9.86. The zero-order valence-corrected chi connectivity index (χ0v) is 16.0. The van der Waals surface area contributed by atoms with E-state index in [0.717, 1.165) is 41.9 Å². The first-order valence-electron chi connectivity index (χ1n) is 8.42. The molecule has 0 atom stereocenters. The normalized spacial score (nSPS) is 16.2. The number of carboxylic acids is 1. The number of hydrogen-bond donors (Lipinski definition) is 2. The average Bonchev–Trinajstić information content (AvgIpc) is 2.67. The highest BCUT2D eigenvalue weighted by molar-refractivity contribution is 7.85. The van der Waals surface area contributed by atoms with Crippen molar-refractivity contribution in [2.24, 2.45) is 0 Å². The quantitative estimate of drug-likeness (QED) is 0.437. The van der Waals surface area contributed by atoms with Gasteiger partial charge >= 0.3 is 5.97 Å². The molecule has 1 heterocycles. The number of nitrogens with zero attached hydrogens (tertiary/aromatic N) is 1. The van der Waals surface area contributed by atoms with E-state index >= 15 is 0 Å². The summed E-state index contributed by atoms with van der Waals surface area (Å²) >= 11 is 0. The Labute approximate surface area is 148 Å². The number of benzene rings is 1. The molecule has 1 aliphatic rings. The van der Waals surface area contributed by atoms with Gasteiger partial charge in [-0.15, -0.1) is 0 Å². The van der Waals surface area contributed by atoms with E-state index in [1.807, 2.05) is 27.7 Å². The molecule has 0 saturated carbocycles. The van der Waals surface area contributed by atoms with E-state index in [9.17, 15) is 17.8 Å². The molecule has 2 N–H and O–H groups in total. The second kappa shape index (κ2) is 6.88. The topological polar surface area (TPSA) is 94.7 Å². The fourth-order valence-electron chi connectivity index (χ4n) is 3.43. The molecule has 0 amide bonds. The maximum Gasteiger partial charge on any atom is 0.303 e. The van der Waals surface area contributed by atoms with E-state index in [4.69, 9.17) is 5.11 Å². The van der Waals surface area contributed by atoms with Crippen LogP contribution in [-0.2, 0) is 20.3 Å². The summed E-state index contributed by atoms with van der Waals surface area (Å²) in [6.45, 7) is 8.72. The maximum atomic E-state index is 11.5. The van der Waals surface area contributed by atoms with Crippen LogP contribution in [0.5, 0.6) is 0 Å². The van der Waals surface area contributed by atoms with Crippen LogP contribution < -0.4 is 0 Å². The lowest BCUT2D eigenvalue weighted by Gasteiger charge is -2.15. The molecule has 0 spiro atoms. The minimum Gasteiger partial charge on any atom is -0.481 e. The number of aryl methyl sites for hydroxylation is 1. The number of hydrogen-bond acceptors (Lipinski definition) is 3. The van der Waals surface area contributed by atoms with Crippen LogP contribution in [0.2, 0.25) is 0 Å². The summed E-state index contributed by atoms with van der Waals surface area (Å²) in [7, 11) is -4.25. The van der Waals surface area contributed by atoms with Crippen molar-refractivity contribution >= 4 is 27.5 Å². The molecule has 0 radical (unpaired) electrons. The average molecular weight is 368 g/mol. The maximum absolute atomic E-state index is 11.5. The van der Waals surface area contributed by atoms with Gasteiger partial charge in [-0.2, -0.15) is 13.0 Å². The molecule has 0 bridgehead atoms. The molecule has 0 unspecified atom stereocenters. The van der Waals surface area contributed by atoms with Crippen LogP contribution in [0.3, 0.4) is 0 Å². The van der Waals surface area contributed by atoms with Crippen molar-refractivity contribution in [3.8, 4) is 0 Å². The summed E-state index contributed by atoms with van der Waals surface area (Å²) < 4.78 is 34.7. The minimum absolute atomic E-state index is 0.0760. The first kappa shape index (κ1) is 19.6. The van der Waals surface area contributed by atoms with Crippen LogP contribution >= 0.6 is 0 Å². The van der Waals surface area contributed by atoms with E-state index in [2.05, 4.69) is 4.58 Å². The van der Waals surface area contributed by atoms with E-state index < -0.39 is 16.1 Å². The van der Waals surface area contributed by atoms with E-state index in [0.29, 0.717) is 6.42 Å². The molecule has 0 aromatic heterocycles. The summed E-state index contributed by atoms with van der Waals surface area (Å²) in [6.07, 6.45) is 2.52. The predicted octanol–water partition coefficient (Wildman–Crippen LogP) is 3.28. The van der Waals surface area contributed by atoms with Crippen molar-refractivity contribution in [1.29, 1.82) is 0 Å². The Morgan fingerprint density at radius 2 is 1.80 bits per heavy atom. The van der Waals surface area contributed by atoms with Gasteiger partial charge in [-0.1, -0.05) is 0 Å². The SMILES string of the molecule is CC1=[N+](CCCCCC(=O)O)c2c(C)cc(S(=O)(=O)O)cc2C1(C)C. The van der Waals surface area contributed by atoms with Gasteiger partial charge in [-0.3, -0.25) is 9.35 Å². The summed E-state index contributed by atoms with van der Waals surface area (Å²) in [5.41, 5.74) is 3.48. The van der Waals surface area contributed by atoms with Crippen LogP contribution in [0.4, 0.5) is 5.69 Å². The molecule has 0 aliphatic carbocycles. The fraction of sp³-hybridized carbons (Fsp3) is 0.556. The Morgan fingerprint density at radius 1 is 1.16 bits per heavy atom. The van der Waals surface area contributed by atoms with Crippen LogP contribution in [0, 0.1) is 6.92 Å². The molecule has 6 nitrogen and oxygen atoms in total. The third-order valence-corrected chi connectivity index (χ3v) is 5.93. The molecule has 1 aromatic carbocycles. The van der Waals surface area contributed by atoms with Gasteiger partial charge in [-0.25, -0.2) is 0 Å². The largest absolute Gasteiger partial charge is 0.481 e. The smallest absolute Gasteiger partial charge is 0.303 e. The minimum atomic E-state index is -4.25. The predicted molar refractivity (Wildman–Crippen MR) is 95.6 cm³/mol. The molecular weight excluding hydrogens is 342 g/mol. The van der Waals surface area contributed by atoms with Crippen molar-refractivity contribution in [3.05, 3.63) is 23.3 Å². The highest BCUT2D eigenvalue weighted by Gasteiger charge is 2.44. The van der Waals surface area contributed by atoms with Gasteiger partial charge in [-0.05, 0) is 45.7 Å². The third kappa shape index (κ3) is 3.93. The Bertz CT molecular complexity index is 837. The Hall–Kier alpha value is -1.73. The highest BCUT2D eigenvalue weighted by Crippen LogP contribution is 2.42. The number of carboxylic acid groups (broad SMARTS) is 1. The lowest BCUT2D eigenvalue weighted by atomic mass is 9.82. The summed E-state index contributed by atoms with van der Waals surface area (Å²) in [4.78, 5) is 10.5. The van der Waals surface area contributed by atoms with Crippen LogP contribution in [-0.4, -0.2) is 40.9 Å². The van der Waals surface area contributed by atoms with Gasteiger partial charge < -0.3 is 5.11 Å². The Kier molecular flexibility index (Phi) is 5.39. The van der Waals surface area contributed by atoms with Crippen molar-refractivity contribution in [2.45, 2.75) is 63.7 Å². The molecule has 0 saturated heterocycles. The van der Waals surface area contributed by atoms with Gasteiger partial charge in [0.05, 0.1) is 10.3 Å². The number of fused-ring (bicyclic) bond motifs is 1. The fourth-order valence-corrected chi connectivity index (χ4v) is 4.02. The Morgan fingerprint density at radius 3 is 2.36 bits per heavy atom. The van der Waals surface area contributed by atoms with Gasteiger partial charge in [0.15, 0.2) is 5.71 Å². The van der Waals surface area contributed by atoms with E-state index in [1.165, 1.54) is 6.07 Å². The molecule has 25 heavy (non-hydrogen) atoms. The third-order valence-electron chi connectivity index (χ3n) is 5.10. The van der Waals surface area contributed by atoms with Crippen molar-refractivity contribution in [1.82, 2.24) is 0 Å². The number of unbranched alkanes of at least 4 members (excludes halogenated alkanes) is 2. The van der Waals surface area contributed by atoms with Crippen LogP contribution in [0.1, 0.15) is 57.6 Å². The zero-order valence-electron chi connectivity index (χ0n) is 15.2. The number of rotatable bonds is 7. The van der Waals surface area contributed by atoms with Crippen LogP contribution in [0.25, 0.3) is 0 Å². The number of carbonyl (C=O) groups is 1. The van der Waals surface area contributed by atoms with Gasteiger partial charge in [0.1, 0.15) is 6.54 Å². The van der Waals surface area contributed by atoms with Crippen molar-refractivity contribution < 1.29 is 27.4 Å². The van der Waals surface area contributed by atoms with Crippen molar-refractivity contribution in [3.63, 3.8) is 0 Å². The summed E-state index contributed by atoms with van der Waals surface area (Å²) in [6, 6.07) is 3.06. The zero-order chi connectivity index (χ0) is 19.0. The second-order valence-electron chi connectivity index (χ2n) is 7.18. The van der Waals surface area contributed by atoms with Gasteiger partial charge in [0.2, 0.25) is 5.69 Å². The lowest BCUT2D eigenvalue weighted by Crippen LogP contribution is -2.26. The monoisotopic (exact) mass is 368 g/mol. The summed E-state index contributed by atoms with van der Waals surface area (Å²) in [5.74, 6) is -0.774. The van der Waals surface area contributed by atoms with Gasteiger partial charge in [0.25, 0.3) is 10.1 Å². The first-order chi connectivity index (χ1) is 11.5. The lowest BCUT2D eigenvalue weighted by molar-refractivity contribution is -0.440. The molecule has 1 aromatic rings. The highest BCUT2D eigenvalue weighted by atomic mass is 32.2. The molecule has 1 aliphatic heterocycles. The van der Waals surface area contributed by atoms with Crippen LogP contribution in [0.15, 0.2) is 17.0 Å². The molecule has 138 valence electrons. The summed E-state index contributed by atoms with van der Waals surface area (Å²) in [5, 5.41) is 8.71. The standard InChI is InChI=1S/C18H25NO5S/c1-12-10-14(25(22,23)24)11-15-17(12)19(13(2)18(15,3)4)9-7-5-6-8-16(20)21/h10-11H,5-9H2,1-4H3,(H-,20,21,22,23,24)/p+1. The molecular formula is C18H26NO5S+. The van der Waals surface area contributed by atoms with E-state index in [-0.39, 0.29) is 16.7 Å². The molecule has 2 rings (SSSR count). The van der Waals surface area contributed by atoms with E-state index in [1.54, 1.807) is 6.07 Å². The Balaban J connectivity index is 2.32. The number of aliphatic carboxylic acids is 1.